The number of amides is 2. The Balaban J connectivity index is 1.58. The molecular formula is C30H37N3O4. The van der Waals surface area contributed by atoms with E-state index in [2.05, 4.69) is 18.5 Å². The zero-order valence-corrected chi connectivity index (χ0v) is 22.6. The van der Waals surface area contributed by atoms with E-state index in [1.165, 1.54) is 5.57 Å². The van der Waals surface area contributed by atoms with Gasteiger partial charge in [0.05, 0.1) is 18.7 Å². The lowest BCUT2D eigenvalue weighted by atomic mass is 9.96. The lowest BCUT2D eigenvalue weighted by Gasteiger charge is -2.31. The van der Waals surface area contributed by atoms with Crippen molar-refractivity contribution in [3.63, 3.8) is 0 Å². The number of rotatable bonds is 4. The highest BCUT2D eigenvalue weighted by atomic mass is 16.6. The van der Waals surface area contributed by atoms with Crippen molar-refractivity contribution >= 4 is 28.5 Å². The van der Waals surface area contributed by atoms with Crippen LogP contribution in [0.2, 0.25) is 0 Å². The monoisotopic (exact) mass is 503 g/mol. The third kappa shape index (κ3) is 6.46. The van der Waals surface area contributed by atoms with Gasteiger partial charge in [0.1, 0.15) is 5.60 Å². The first-order valence-corrected chi connectivity index (χ1v) is 12.8. The van der Waals surface area contributed by atoms with Gasteiger partial charge in [0.15, 0.2) is 0 Å². The quantitative estimate of drug-likeness (QED) is 0.512. The molecule has 0 spiro atoms. The van der Waals surface area contributed by atoms with Crippen LogP contribution in [0.15, 0.2) is 54.1 Å². The molecule has 2 aromatic rings. The molecule has 0 atom stereocenters. The Morgan fingerprint density at radius 2 is 1.81 bits per heavy atom. The number of nitrogens with zero attached hydrogens (tertiary/aromatic N) is 3. The molecule has 4 rings (SSSR count). The van der Waals surface area contributed by atoms with Crippen molar-refractivity contribution in [2.45, 2.75) is 46.6 Å². The van der Waals surface area contributed by atoms with Gasteiger partial charge in [-0.05, 0) is 82.0 Å². The predicted molar refractivity (Wildman–Crippen MR) is 147 cm³/mol. The van der Waals surface area contributed by atoms with Gasteiger partial charge in [-0.3, -0.25) is 9.78 Å². The van der Waals surface area contributed by atoms with Gasteiger partial charge in [0, 0.05) is 42.8 Å². The van der Waals surface area contributed by atoms with E-state index in [1.807, 2.05) is 69.0 Å². The van der Waals surface area contributed by atoms with E-state index in [1.54, 1.807) is 4.90 Å². The van der Waals surface area contributed by atoms with Crippen molar-refractivity contribution in [2.75, 3.05) is 39.4 Å². The number of aryl methyl sites for hydroxylation is 1. The van der Waals surface area contributed by atoms with Crippen LogP contribution in [0, 0.1) is 6.92 Å². The Labute approximate surface area is 219 Å². The Hall–Kier alpha value is -3.45. The maximum absolute atomic E-state index is 13.1. The number of allylic oxidation sites excluding steroid dienone is 2. The first-order chi connectivity index (χ1) is 17.5. The third-order valence-electron chi connectivity index (χ3n) is 6.63. The largest absolute Gasteiger partial charge is 0.444 e. The Kier molecular flexibility index (Phi) is 7.83. The molecule has 0 aliphatic carbocycles. The minimum absolute atomic E-state index is 0.00287. The Morgan fingerprint density at radius 3 is 2.51 bits per heavy atom. The fourth-order valence-electron chi connectivity index (χ4n) is 4.56. The van der Waals surface area contributed by atoms with Crippen molar-refractivity contribution in [3.05, 3.63) is 71.0 Å². The van der Waals surface area contributed by atoms with Crippen molar-refractivity contribution < 1.29 is 19.1 Å². The number of hydrogen-bond acceptors (Lipinski definition) is 5. The molecule has 7 nitrogen and oxygen atoms in total. The number of hydrogen-bond donors (Lipinski definition) is 0. The first-order valence-electron chi connectivity index (χ1n) is 12.8. The molecular weight excluding hydrogens is 466 g/mol. The zero-order chi connectivity index (χ0) is 26.7. The second-order valence-corrected chi connectivity index (χ2v) is 10.8. The van der Waals surface area contributed by atoms with E-state index in [-0.39, 0.29) is 12.0 Å². The van der Waals surface area contributed by atoms with Gasteiger partial charge >= 0.3 is 6.09 Å². The summed E-state index contributed by atoms with van der Waals surface area (Å²) < 4.78 is 11.0. The fraction of sp³-hybridized carbons (Fsp3) is 0.433. The van der Waals surface area contributed by atoms with Crippen molar-refractivity contribution in [2.24, 2.45) is 0 Å². The molecule has 2 aliphatic rings. The highest BCUT2D eigenvalue weighted by molar-refractivity contribution is 6.01. The maximum atomic E-state index is 13.1. The van der Waals surface area contributed by atoms with Gasteiger partial charge in [-0.25, -0.2) is 4.79 Å². The highest BCUT2D eigenvalue weighted by Crippen LogP contribution is 2.28. The number of morpholine rings is 1. The number of pyridine rings is 1. The van der Waals surface area contributed by atoms with E-state index < -0.39 is 5.60 Å². The summed E-state index contributed by atoms with van der Waals surface area (Å²) in [4.78, 5) is 34.0. The van der Waals surface area contributed by atoms with Crippen LogP contribution >= 0.6 is 0 Å². The van der Waals surface area contributed by atoms with Crippen LogP contribution in [0.5, 0.6) is 0 Å². The molecule has 0 radical (unpaired) electrons. The average Bonchev–Trinajstić information content (AvgIpc) is 2.86. The molecule has 2 amide bonds. The number of carbonyl (C=O) groups excluding carboxylic acids is 2. The average molecular weight is 504 g/mol. The first kappa shape index (κ1) is 26.6. The lowest BCUT2D eigenvalue weighted by Crippen LogP contribution is -2.40. The van der Waals surface area contributed by atoms with Gasteiger partial charge in [-0.1, -0.05) is 24.3 Å². The third-order valence-corrected chi connectivity index (χ3v) is 6.63. The van der Waals surface area contributed by atoms with Gasteiger partial charge in [-0.15, -0.1) is 0 Å². The normalized spacial score (nSPS) is 17.0. The van der Waals surface area contributed by atoms with Crippen molar-refractivity contribution in [1.82, 2.24) is 14.8 Å². The molecule has 37 heavy (non-hydrogen) atoms. The number of fused-ring (bicyclic) bond motifs is 1. The van der Waals surface area contributed by atoms with Gasteiger partial charge in [-0.2, -0.15) is 0 Å². The number of ether oxygens (including phenoxy) is 2. The Morgan fingerprint density at radius 1 is 1.08 bits per heavy atom. The second-order valence-electron chi connectivity index (χ2n) is 10.8. The van der Waals surface area contributed by atoms with Crippen LogP contribution in [0.3, 0.4) is 0 Å². The van der Waals surface area contributed by atoms with E-state index in [0.717, 1.165) is 39.7 Å². The summed E-state index contributed by atoms with van der Waals surface area (Å²) in [6.45, 7) is 17.5. The molecule has 3 heterocycles. The standard InChI is InChI=1S/C30H37N3O4/c1-20-11-12-33(29(35)37-30(4,5)6)19-24(20)8-7-21(2)25-17-22(3)31-27-10-9-23(18-26(25)27)28(34)32-13-15-36-16-14-32/h7-10,17-18H,2,11-16,19H2,1,3-6H3/b8-7-. The van der Waals surface area contributed by atoms with Crippen molar-refractivity contribution in [3.8, 4) is 0 Å². The van der Waals surface area contributed by atoms with Crippen LogP contribution < -0.4 is 0 Å². The predicted octanol–water partition coefficient (Wildman–Crippen LogP) is 5.54. The summed E-state index contributed by atoms with van der Waals surface area (Å²) in [6.07, 6.45) is 4.54. The Bertz CT molecular complexity index is 1280. The molecule has 1 fully saturated rings. The molecule has 0 saturated carbocycles. The lowest BCUT2D eigenvalue weighted by molar-refractivity contribution is 0.0261. The van der Waals surface area contributed by atoms with Crippen LogP contribution in [-0.2, 0) is 9.47 Å². The van der Waals surface area contributed by atoms with E-state index in [0.29, 0.717) is 45.0 Å². The van der Waals surface area contributed by atoms with Crippen LogP contribution in [0.25, 0.3) is 16.5 Å². The van der Waals surface area contributed by atoms with E-state index >= 15 is 0 Å². The summed E-state index contributed by atoms with van der Waals surface area (Å²) in [5, 5.41) is 0.893. The molecule has 196 valence electrons. The fourth-order valence-corrected chi connectivity index (χ4v) is 4.56. The topological polar surface area (TPSA) is 72.0 Å². The van der Waals surface area contributed by atoms with Gasteiger partial charge in [0.2, 0.25) is 0 Å². The van der Waals surface area contributed by atoms with Crippen LogP contribution in [-0.4, -0.2) is 71.8 Å². The zero-order valence-electron chi connectivity index (χ0n) is 22.6. The van der Waals surface area contributed by atoms with E-state index in [4.69, 9.17) is 9.47 Å². The summed E-state index contributed by atoms with van der Waals surface area (Å²) in [7, 11) is 0. The smallest absolute Gasteiger partial charge is 0.410 e. The number of aromatic nitrogens is 1. The van der Waals surface area contributed by atoms with Gasteiger partial charge < -0.3 is 19.3 Å². The molecule has 0 N–H and O–H groups in total. The molecule has 1 aromatic carbocycles. The minimum atomic E-state index is -0.528. The summed E-state index contributed by atoms with van der Waals surface area (Å²) in [6, 6.07) is 7.68. The molecule has 1 aromatic heterocycles. The highest BCUT2D eigenvalue weighted by Gasteiger charge is 2.25. The van der Waals surface area contributed by atoms with E-state index in [9.17, 15) is 9.59 Å². The minimum Gasteiger partial charge on any atom is -0.444 e. The number of carbonyl (C=O) groups is 2. The van der Waals surface area contributed by atoms with Crippen LogP contribution in [0.4, 0.5) is 4.79 Å². The summed E-state index contributed by atoms with van der Waals surface area (Å²) >= 11 is 0. The second kappa shape index (κ2) is 10.9. The maximum Gasteiger partial charge on any atom is 0.410 e. The molecule has 7 heteroatoms. The molecule has 0 bridgehead atoms. The molecule has 0 unspecified atom stereocenters. The summed E-state index contributed by atoms with van der Waals surface area (Å²) in [5.74, 6) is 0.00287. The van der Waals surface area contributed by atoms with Gasteiger partial charge in [0.25, 0.3) is 5.91 Å². The van der Waals surface area contributed by atoms with Crippen molar-refractivity contribution in [1.29, 1.82) is 0 Å². The van der Waals surface area contributed by atoms with Crippen LogP contribution in [0.1, 0.15) is 55.7 Å². The SMILES string of the molecule is C=C(/C=C\C1=C(C)CCN(C(=O)OC(C)(C)C)C1)c1cc(C)nc2ccc(C(=O)N3CCOCC3)cc12. The number of benzene rings is 1. The molecule has 1 saturated heterocycles. The summed E-state index contributed by atoms with van der Waals surface area (Å²) in [5.41, 5.74) is 5.90. The molecule has 2 aliphatic heterocycles.